The monoisotopic (exact) mass is 274 g/mol. The molecule has 3 rings (SSSR count). The summed E-state index contributed by atoms with van der Waals surface area (Å²) >= 11 is 7.90. The minimum absolute atomic E-state index is 0.533. The lowest BCUT2D eigenvalue weighted by molar-refractivity contribution is 0.743. The first kappa shape index (κ1) is 11.6. The molecule has 0 radical (unpaired) electrons. The molecule has 0 aliphatic carbocycles. The van der Waals surface area contributed by atoms with Gasteiger partial charge in [-0.25, -0.2) is 0 Å². The second-order valence-electron chi connectivity index (χ2n) is 4.29. The first-order chi connectivity index (χ1) is 8.79. The Balaban J connectivity index is 1.99. The molecule has 0 saturated carbocycles. The molecule has 4 heteroatoms. The Labute approximate surface area is 115 Å². The number of nitriles is 1. The van der Waals surface area contributed by atoms with Crippen LogP contribution in [0.3, 0.4) is 0 Å². The van der Waals surface area contributed by atoms with E-state index < -0.39 is 0 Å². The number of hydrogen-bond donors (Lipinski definition) is 0. The Hall–Kier alpha value is -1.50. The quantitative estimate of drug-likeness (QED) is 0.790. The van der Waals surface area contributed by atoms with Gasteiger partial charge in [0.2, 0.25) is 0 Å². The van der Waals surface area contributed by atoms with E-state index in [2.05, 4.69) is 22.4 Å². The largest absolute Gasteiger partial charge is 0.366 e. The van der Waals surface area contributed by atoms with Crippen LogP contribution in [0.4, 0.5) is 5.69 Å². The fraction of sp³-hybridized carbons (Fsp3) is 0.214. The zero-order valence-corrected chi connectivity index (χ0v) is 11.3. The van der Waals surface area contributed by atoms with Crippen LogP contribution in [-0.4, -0.2) is 6.54 Å². The Kier molecular flexibility index (Phi) is 2.99. The van der Waals surface area contributed by atoms with Gasteiger partial charge in [-0.2, -0.15) is 5.26 Å². The maximum absolute atomic E-state index is 9.23. The molecule has 0 saturated heterocycles. The van der Waals surface area contributed by atoms with Gasteiger partial charge < -0.3 is 4.90 Å². The van der Waals surface area contributed by atoms with Crippen molar-refractivity contribution in [2.75, 3.05) is 11.4 Å². The summed E-state index contributed by atoms with van der Waals surface area (Å²) < 4.78 is 0. The highest BCUT2D eigenvalue weighted by Gasteiger charge is 2.20. The van der Waals surface area contributed by atoms with Gasteiger partial charge in [-0.15, -0.1) is 11.3 Å². The number of fused-ring (bicyclic) bond motifs is 1. The summed E-state index contributed by atoms with van der Waals surface area (Å²) in [5.74, 6) is 0. The minimum atomic E-state index is 0.533. The molecule has 1 aliphatic rings. The zero-order chi connectivity index (χ0) is 12.5. The van der Waals surface area contributed by atoms with Gasteiger partial charge in [0, 0.05) is 18.0 Å². The van der Waals surface area contributed by atoms with Crippen molar-refractivity contribution in [3.05, 3.63) is 50.7 Å². The molecule has 1 aliphatic heterocycles. The Morgan fingerprint density at radius 2 is 2.22 bits per heavy atom. The molecule has 0 N–H and O–H groups in total. The third-order valence-corrected chi connectivity index (χ3v) is 4.59. The molecule has 2 aromatic rings. The lowest BCUT2D eigenvalue weighted by Gasteiger charge is -2.29. The first-order valence-electron chi connectivity index (χ1n) is 5.78. The van der Waals surface area contributed by atoms with E-state index in [0.717, 1.165) is 25.2 Å². The molecule has 2 nitrogen and oxygen atoms in total. The van der Waals surface area contributed by atoms with E-state index in [-0.39, 0.29) is 0 Å². The van der Waals surface area contributed by atoms with Gasteiger partial charge in [-0.3, -0.25) is 0 Å². The second kappa shape index (κ2) is 4.64. The van der Waals surface area contributed by atoms with Crippen LogP contribution in [0.15, 0.2) is 29.6 Å². The normalized spacial score (nSPS) is 14.1. The van der Waals surface area contributed by atoms with Gasteiger partial charge in [0.1, 0.15) is 6.07 Å². The van der Waals surface area contributed by atoms with Crippen molar-refractivity contribution in [3.63, 3.8) is 0 Å². The van der Waals surface area contributed by atoms with Crippen LogP contribution in [0.2, 0.25) is 5.02 Å². The van der Waals surface area contributed by atoms with Crippen molar-refractivity contribution < 1.29 is 0 Å². The van der Waals surface area contributed by atoms with E-state index in [4.69, 9.17) is 11.6 Å². The molecule has 1 aromatic carbocycles. The van der Waals surface area contributed by atoms with Gasteiger partial charge in [0.15, 0.2) is 0 Å². The van der Waals surface area contributed by atoms with Crippen LogP contribution in [0.5, 0.6) is 0 Å². The van der Waals surface area contributed by atoms with E-state index >= 15 is 0 Å². The van der Waals surface area contributed by atoms with Crippen molar-refractivity contribution in [1.82, 2.24) is 0 Å². The molecule has 0 spiro atoms. The van der Waals surface area contributed by atoms with Crippen LogP contribution in [0.25, 0.3) is 0 Å². The summed E-state index contributed by atoms with van der Waals surface area (Å²) in [6, 6.07) is 10.0. The van der Waals surface area contributed by atoms with Crippen molar-refractivity contribution >= 4 is 28.6 Å². The highest BCUT2D eigenvalue weighted by molar-refractivity contribution is 7.10. The summed E-state index contributed by atoms with van der Waals surface area (Å²) in [6.07, 6.45) is 1.05. The molecule has 1 aromatic heterocycles. The average molecular weight is 275 g/mol. The zero-order valence-electron chi connectivity index (χ0n) is 9.69. The van der Waals surface area contributed by atoms with Gasteiger partial charge in [0.25, 0.3) is 0 Å². The lowest BCUT2D eigenvalue weighted by Crippen LogP contribution is -2.30. The fourth-order valence-corrected chi connectivity index (χ4v) is 3.44. The maximum Gasteiger partial charge on any atom is 0.103 e. The Morgan fingerprint density at radius 3 is 3.06 bits per heavy atom. The van der Waals surface area contributed by atoms with E-state index in [1.165, 1.54) is 10.4 Å². The lowest BCUT2D eigenvalue weighted by atomic mass is 10.1. The molecule has 90 valence electrons. The summed E-state index contributed by atoms with van der Waals surface area (Å²) in [5.41, 5.74) is 2.90. The molecular formula is C14H11ClN2S. The van der Waals surface area contributed by atoms with Gasteiger partial charge in [-0.05, 0) is 35.6 Å². The number of rotatable bonds is 1. The van der Waals surface area contributed by atoms with Crippen LogP contribution < -0.4 is 4.90 Å². The summed E-state index contributed by atoms with van der Waals surface area (Å²) in [5, 5.41) is 11.9. The van der Waals surface area contributed by atoms with Crippen molar-refractivity contribution in [1.29, 1.82) is 5.26 Å². The van der Waals surface area contributed by atoms with Gasteiger partial charge in [-0.1, -0.05) is 17.7 Å². The van der Waals surface area contributed by atoms with Crippen molar-refractivity contribution in [3.8, 4) is 6.07 Å². The minimum Gasteiger partial charge on any atom is -0.366 e. The van der Waals surface area contributed by atoms with Gasteiger partial charge in [0.05, 0.1) is 16.3 Å². The standard InChI is InChI=1S/C14H11ClN2S/c15-12-2-1-3-13(11(12)8-16)17-6-4-14-10(9-17)5-7-18-14/h1-3,5,7H,4,6,9H2. The smallest absolute Gasteiger partial charge is 0.103 e. The predicted molar refractivity (Wildman–Crippen MR) is 75.2 cm³/mol. The van der Waals surface area contributed by atoms with Crippen LogP contribution in [0, 0.1) is 11.3 Å². The maximum atomic E-state index is 9.23. The van der Waals surface area contributed by atoms with E-state index in [1.807, 2.05) is 23.5 Å². The highest BCUT2D eigenvalue weighted by Crippen LogP contribution is 2.32. The van der Waals surface area contributed by atoms with Crippen molar-refractivity contribution in [2.24, 2.45) is 0 Å². The number of anilines is 1. The molecule has 2 heterocycles. The fourth-order valence-electron chi connectivity index (χ4n) is 2.34. The summed E-state index contributed by atoms with van der Waals surface area (Å²) in [4.78, 5) is 3.70. The summed E-state index contributed by atoms with van der Waals surface area (Å²) in [6.45, 7) is 1.82. The molecule has 0 atom stereocenters. The SMILES string of the molecule is N#Cc1c(Cl)cccc1N1CCc2sccc2C1. The highest BCUT2D eigenvalue weighted by atomic mass is 35.5. The van der Waals surface area contributed by atoms with Crippen LogP contribution >= 0.6 is 22.9 Å². The Morgan fingerprint density at radius 1 is 1.33 bits per heavy atom. The summed E-state index contributed by atoms with van der Waals surface area (Å²) in [7, 11) is 0. The number of hydrogen-bond acceptors (Lipinski definition) is 3. The first-order valence-corrected chi connectivity index (χ1v) is 7.04. The van der Waals surface area contributed by atoms with E-state index in [1.54, 1.807) is 6.07 Å². The molecule has 0 amide bonds. The number of thiophene rings is 1. The second-order valence-corrected chi connectivity index (χ2v) is 5.69. The third kappa shape index (κ3) is 1.88. The van der Waals surface area contributed by atoms with Crippen molar-refractivity contribution in [2.45, 2.75) is 13.0 Å². The van der Waals surface area contributed by atoms with E-state index in [9.17, 15) is 5.26 Å². The molecule has 0 unspecified atom stereocenters. The molecular weight excluding hydrogens is 264 g/mol. The van der Waals surface area contributed by atoms with Crippen LogP contribution in [0.1, 0.15) is 16.0 Å². The topological polar surface area (TPSA) is 27.0 Å². The molecule has 0 fully saturated rings. The van der Waals surface area contributed by atoms with Crippen LogP contribution in [-0.2, 0) is 13.0 Å². The number of benzene rings is 1. The Bertz CT molecular complexity index is 627. The molecule has 18 heavy (non-hydrogen) atoms. The van der Waals surface area contributed by atoms with Gasteiger partial charge >= 0.3 is 0 Å². The molecule has 0 bridgehead atoms. The average Bonchev–Trinajstić information content (AvgIpc) is 2.85. The predicted octanol–water partition coefficient (Wildman–Crippen LogP) is 3.84. The number of nitrogens with zero attached hydrogens (tertiary/aromatic N) is 2. The third-order valence-electron chi connectivity index (χ3n) is 3.25. The number of halogens is 1. The van der Waals surface area contributed by atoms with E-state index in [0.29, 0.717) is 10.6 Å².